The number of carbonyl (C=O) groups is 1. The quantitative estimate of drug-likeness (QED) is 0.367. The summed E-state index contributed by atoms with van der Waals surface area (Å²) in [6.45, 7) is 1.05. The summed E-state index contributed by atoms with van der Waals surface area (Å²) in [5.41, 5.74) is 0. The van der Waals surface area contributed by atoms with Crippen LogP contribution in [0.2, 0.25) is 0 Å². The number of carboxylic acid groups (broad SMARTS) is 1. The van der Waals surface area contributed by atoms with Gasteiger partial charge in [-0.15, -0.1) is 4.31 Å². The minimum atomic E-state index is -1.22. The molecule has 1 heterocycles. The maximum absolute atomic E-state index is 11.9. The molecule has 2 fully saturated rings. The predicted molar refractivity (Wildman–Crippen MR) is 52.1 cm³/mol. The van der Waals surface area contributed by atoms with Gasteiger partial charge in [0.05, 0.1) is 25.7 Å². The van der Waals surface area contributed by atoms with Crippen molar-refractivity contribution in [2.75, 3.05) is 19.7 Å². The number of ether oxygens (including phenoxy) is 1. The van der Waals surface area contributed by atoms with E-state index in [0.717, 1.165) is 19.3 Å². The normalized spacial score (nSPS) is 28.9. The van der Waals surface area contributed by atoms with Gasteiger partial charge in [-0.05, 0) is 19.3 Å². The monoisotopic (exact) mass is 239 g/mol. The minimum absolute atomic E-state index is 0. The van der Waals surface area contributed by atoms with E-state index >= 15 is 0 Å². The Balaban J connectivity index is 0.00000128. The van der Waals surface area contributed by atoms with E-state index in [1.165, 1.54) is 0 Å². The van der Waals surface area contributed by atoms with Crippen LogP contribution < -0.4 is 24.0 Å². The second kappa shape index (κ2) is 6.29. The third kappa shape index (κ3) is 3.16. The maximum atomic E-state index is 11.9. The van der Waals surface area contributed by atoms with Gasteiger partial charge in [-0.25, -0.2) is 0 Å². The molecule has 1 saturated heterocycles. The first-order chi connectivity index (χ1) is 7.18. The third-order valence-corrected chi connectivity index (χ3v) is 4.77. The Morgan fingerprint density at radius 3 is 2.62 bits per heavy atom. The summed E-state index contributed by atoms with van der Waals surface area (Å²) >= 11 is -1.04. The summed E-state index contributed by atoms with van der Waals surface area (Å²) in [4.78, 5) is 10.6. The fourth-order valence-corrected chi connectivity index (χ4v) is 3.41. The average molecular weight is 239 g/mol. The molecule has 2 aliphatic rings. The molecule has 0 radical (unpaired) electrons. The van der Waals surface area contributed by atoms with E-state index in [1.54, 1.807) is 4.31 Å². The van der Waals surface area contributed by atoms with Crippen LogP contribution in [0, 0.1) is 0 Å². The van der Waals surface area contributed by atoms with Crippen molar-refractivity contribution in [1.29, 1.82) is 0 Å². The molecule has 1 aliphatic heterocycles. The van der Waals surface area contributed by atoms with Crippen LogP contribution in [0.4, 0.5) is 0 Å². The van der Waals surface area contributed by atoms with Crippen molar-refractivity contribution in [3.05, 3.63) is 0 Å². The van der Waals surface area contributed by atoms with Gasteiger partial charge in [0, 0.05) is 11.4 Å². The molecule has 0 N–H and O–H groups in total. The van der Waals surface area contributed by atoms with Crippen molar-refractivity contribution in [2.24, 2.45) is 0 Å². The fourth-order valence-electron chi connectivity index (χ4n) is 1.71. The molecule has 0 aromatic rings. The van der Waals surface area contributed by atoms with E-state index < -0.39 is 23.4 Å². The summed E-state index contributed by atoms with van der Waals surface area (Å²) in [6.07, 6.45) is 2.17. The first-order valence-corrected chi connectivity index (χ1v) is 6.33. The molecule has 0 amide bonds. The zero-order valence-corrected chi connectivity index (χ0v) is 10.2. The third-order valence-electron chi connectivity index (χ3n) is 2.88. The number of morpholine rings is 1. The molecule has 2 unspecified atom stereocenters. The summed E-state index contributed by atoms with van der Waals surface area (Å²) in [5.74, 6) is -1.22. The molecule has 0 spiro atoms. The Bertz CT molecular complexity index is 252. The topological polar surface area (TPSA) is 75.7 Å². The van der Waals surface area contributed by atoms with Crippen LogP contribution in [0.1, 0.15) is 19.3 Å². The van der Waals surface area contributed by atoms with Crippen LogP contribution in [0.5, 0.6) is 0 Å². The van der Waals surface area contributed by atoms with Gasteiger partial charge in [0.15, 0.2) is 0 Å². The number of hydrogen-bond acceptors (Lipinski definition) is 5. The first-order valence-electron chi connectivity index (χ1n) is 5.16. The van der Waals surface area contributed by atoms with Crippen molar-refractivity contribution in [2.45, 2.75) is 30.6 Å². The minimum Gasteiger partial charge on any atom is -0.598 e. The Morgan fingerprint density at radius 1 is 1.44 bits per heavy atom. The number of carbonyl (C=O) groups excluding carboxylic acids is 1. The molecule has 16 heavy (non-hydrogen) atoms. The Morgan fingerprint density at radius 2 is 2.12 bits per heavy atom. The van der Waals surface area contributed by atoms with Gasteiger partial charge in [-0.3, -0.25) is 0 Å². The molecule has 5 nitrogen and oxygen atoms in total. The van der Waals surface area contributed by atoms with Gasteiger partial charge in [0.25, 0.3) is 0 Å². The summed E-state index contributed by atoms with van der Waals surface area (Å²) in [5, 5.41) is 10.8. The molecule has 0 aromatic carbocycles. The van der Waals surface area contributed by atoms with E-state index in [2.05, 4.69) is 0 Å². The average Bonchev–Trinajstić information content (AvgIpc) is 2.15. The zero-order chi connectivity index (χ0) is 10.8. The number of aliphatic carboxylic acids is 1. The maximum Gasteiger partial charge on any atom is 1.00 e. The molecular weight excluding hydrogens is 225 g/mol. The van der Waals surface area contributed by atoms with Crippen LogP contribution in [0.3, 0.4) is 0 Å². The van der Waals surface area contributed by atoms with Gasteiger partial charge in [0.2, 0.25) is 0 Å². The summed E-state index contributed by atoms with van der Waals surface area (Å²) in [6, 6.07) is 0. The van der Waals surface area contributed by atoms with E-state index in [-0.39, 0.29) is 30.7 Å². The van der Waals surface area contributed by atoms with Gasteiger partial charge in [-0.2, -0.15) is 0 Å². The van der Waals surface area contributed by atoms with Crippen LogP contribution in [0.25, 0.3) is 0 Å². The molecule has 2 rings (SSSR count). The van der Waals surface area contributed by atoms with Gasteiger partial charge >= 0.3 is 18.9 Å². The molecule has 2 atom stereocenters. The standard InChI is InChI=1S/C9H15NO4S.Li/c11-9(12)8-6-10(4-5-14-8)15(13)7-2-1-3-7;/h7-8H,1-6H2,(H,11,12);/q;+1/p-1. The molecule has 0 aromatic heterocycles. The first kappa shape index (κ1) is 14.4. The number of nitrogens with zero attached hydrogens (tertiary/aromatic N) is 1. The van der Waals surface area contributed by atoms with Gasteiger partial charge < -0.3 is 19.2 Å². The van der Waals surface area contributed by atoms with Crippen LogP contribution in [-0.2, 0) is 20.9 Å². The molecule has 86 valence electrons. The number of hydrogen-bond donors (Lipinski definition) is 0. The van der Waals surface area contributed by atoms with Crippen molar-refractivity contribution in [1.82, 2.24) is 4.31 Å². The van der Waals surface area contributed by atoms with Crippen LogP contribution >= 0.6 is 0 Å². The van der Waals surface area contributed by atoms with E-state index in [1.807, 2.05) is 0 Å². The van der Waals surface area contributed by atoms with Gasteiger partial charge in [-0.1, -0.05) is 0 Å². The predicted octanol–water partition coefficient (Wildman–Crippen LogP) is -4.34. The zero-order valence-electron chi connectivity index (χ0n) is 9.39. The SMILES string of the molecule is O=C([O-])C1CN([S+]([O-])C2CCC2)CCO1.[Li+]. The Hall–Kier alpha value is 0.297. The van der Waals surface area contributed by atoms with Crippen molar-refractivity contribution in [3.8, 4) is 0 Å². The second-order valence-corrected chi connectivity index (χ2v) is 5.63. The largest absolute Gasteiger partial charge is 1.00 e. The molecule has 7 heteroatoms. The van der Waals surface area contributed by atoms with E-state index in [9.17, 15) is 14.5 Å². The summed E-state index contributed by atoms with van der Waals surface area (Å²) < 4.78 is 18.6. The molecule has 1 saturated carbocycles. The van der Waals surface area contributed by atoms with Gasteiger partial charge in [0.1, 0.15) is 11.4 Å². The molecule has 1 aliphatic carbocycles. The molecule has 0 bridgehead atoms. The van der Waals surface area contributed by atoms with Crippen LogP contribution in [0.15, 0.2) is 0 Å². The summed E-state index contributed by atoms with van der Waals surface area (Å²) in [7, 11) is 0. The van der Waals surface area contributed by atoms with E-state index in [0.29, 0.717) is 13.2 Å². The Labute approximate surface area is 110 Å². The van der Waals surface area contributed by atoms with Crippen molar-refractivity contribution < 1.29 is 38.1 Å². The Kier molecular flexibility index (Phi) is 5.64. The smallest absolute Gasteiger partial charge is 0.598 e. The number of carboxylic acids is 1. The molecular formula is C9H14LiNO4S. The van der Waals surface area contributed by atoms with E-state index in [4.69, 9.17) is 4.74 Å². The van der Waals surface area contributed by atoms with Crippen molar-refractivity contribution >= 4 is 17.3 Å². The second-order valence-electron chi connectivity index (χ2n) is 3.90. The fraction of sp³-hybridized carbons (Fsp3) is 0.889. The van der Waals surface area contributed by atoms with Crippen molar-refractivity contribution in [3.63, 3.8) is 0 Å². The number of rotatable bonds is 3. The van der Waals surface area contributed by atoms with Crippen LogP contribution in [-0.4, -0.2) is 45.9 Å².